The van der Waals surface area contributed by atoms with Crippen molar-refractivity contribution in [3.8, 4) is 0 Å². The fraction of sp³-hybridized carbons (Fsp3) is 0.211. The molecule has 0 unspecified atom stereocenters. The van der Waals surface area contributed by atoms with Crippen molar-refractivity contribution in [3.63, 3.8) is 0 Å². The molecule has 0 fully saturated rings. The van der Waals surface area contributed by atoms with Crippen molar-refractivity contribution in [3.05, 3.63) is 59.9 Å². The number of carboxylic acid groups (broad SMARTS) is 1. The fourth-order valence-corrected chi connectivity index (χ4v) is 2.49. The molecule has 0 spiro atoms. The zero-order chi connectivity index (χ0) is 17.8. The van der Waals surface area contributed by atoms with Gasteiger partial charge in [0.05, 0.1) is 11.1 Å². The van der Waals surface area contributed by atoms with Crippen LogP contribution in [0.3, 0.4) is 0 Å². The van der Waals surface area contributed by atoms with Crippen LogP contribution in [0.15, 0.2) is 48.5 Å². The van der Waals surface area contributed by atoms with E-state index in [9.17, 15) is 4.79 Å². The van der Waals surface area contributed by atoms with Crippen molar-refractivity contribution in [1.29, 1.82) is 0 Å². The number of benzene rings is 2. The highest BCUT2D eigenvalue weighted by molar-refractivity contribution is 5.91. The van der Waals surface area contributed by atoms with Gasteiger partial charge in [-0.2, -0.15) is 0 Å². The molecule has 0 bridgehead atoms. The minimum atomic E-state index is -0.940. The summed E-state index contributed by atoms with van der Waals surface area (Å²) in [5.41, 5.74) is 1.92. The predicted octanol–water partition coefficient (Wildman–Crippen LogP) is 3.60. The van der Waals surface area contributed by atoms with Crippen LogP contribution in [-0.2, 0) is 6.42 Å². The molecule has 2 N–H and O–H groups in total. The van der Waals surface area contributed by atoms with Crippen LogP contribution in [0, 0.1) is 0 Å². The monoisotopic (exact) mass is 372 g/mol. The molecule has 3 aromatic rings. The van der Waals surface area contributed by atoms with Crippen LogP contribution < -0.4 is 5.32 Å². The Morgan fingerprint density at radius 3 is 2.42 bits per heavy atom. The molecule has 0 atom stereocenters. The zero-order valence-corrected chi connectivity index (χ0v) is 15.5. The van der Waals surface area contributed by atoms with Gasteiger partial charge in [0, 0.05) is 24.0 Å². The second-order valence-electron chi connectivity index (χ2n) is 6.07. The predicted molar refractivity (Wildman–Crippen MR) is 106 cm³/mol. The summed E-state index contributed by atoms with van der Waals surface area (Å²) in [5, 5.41) is 13.2. The summed E-state index contributed by atoms with van der Waals surface area (Å²) in [7, 11) is 4.04. The molecular weight excluding hydrogens is 352 g/mol. The van der Waals surface area contributed by atoms with Gasteiger partial charge in [-0.15, -0.1) is 12.4 Å². The van der Waals surface area contributed by atoms with Crippen LogP contribution >= 0.6 is 12.4 Å². The fourth-order valence-electron chi connectivity index (χ4n) is 2.49. The number of rotatable bonds is 6. The van der Waals surface area contributed by atoms with Crippen LogP contribution in [0.2, 0.25) is 0 Å². The van der Waals surface area contributed by atoms with Crippen LogP contribution in [0.5, 0.6) is 0 Å². The third-order valence-electron chi connectivity index (χ3n) is 3.83. The van der Waals surface area contributed by atoms with E-state index in [-0.39, 0.29) is 18.0 Å². The van der Waals surface area contributed by atoms with Crippen LogP contribution in [0.25, 0.3) is 10.9 Å². The lowest BCUT2D eigenvalue weighted by atomic mass is 10.2. The Balaban J connectivity index is 0.00000243. The average molecular weight is 373 g/mol. The lowest BCUT2D eigenvalue weighted by Gasteiger charge is -2.13. The molecule has 0 saturated carbocycles. The van der Waals surface area contributed by atoms with Gasteiger partial charge in [-0.1, -0.05) is 12.1 Å². The molecule has 7 heteroatoms. The van der Waals surface area contributed by atoms with Gasteiger partial charge in [-0.05, 0) is 50.5 Å². The molecule has 0 aliphatic heterocycles. The number of aromatic nitrogens is 2. The molecule has 6 nitrogen and oxygen atoms in total. The number of carbonyl (C=O) groups is 1. The molecule has 0 radical (unpaired) electrons. The maximum atomic E-state index is 11.0. The Hall–Kier alpha value is -2.70. The van der Waals surface area contributed by atoms with Gasteiger partial charge >= 0.3 is 5.97 Å². The Morgan fingerprint density at radius 1 is 1.08 bits per heavy atom. The lowest BCUT2D eigenvalue weighted by Crippen LogP contribution is -2.16. The smallest absolute Gasteiger partial charge is 0.335 e. The highest BCUT2D eigenvalue weighted by Gasteiger charge is 2.09. The van der Waals surface area contributed by atoms with Crippen LogP contribution in [0.1, 0.15) is 16.2 Å². The number of aromatic carboxylic acids is 1. The number of anilines is 2. The minimum absolute atomic E-state index is 0. The van der Waals surface area contributed by atoms with E-state index in [1.165, 1.54) is 0 Å². The molecule has 0 aliphatic carbocycles. The first-order valence-corrected chi connectivity index (χ1v) is 8.04. The third kappa shape index (κ3) is 4.68. The van der Waals surface area contributed by atoms with E-state index in [2.05, 4.69) is 20.2 Å². The van der Waals surface area contributed by atoms with Gasteiger partial charge in [0.15, 0.2) is 0 Å². The summed E-state index contributed by atoms with van der Waals surface area (Å²) in [6, 6.07) is 14.5. The van der Waals surface area contributed by atoms with Gasteiger partial charge in [0.25, 0.3) is 0 Å². The first kappa shape index (κ1) is 19.6. The number of fused-ring (bicyclic) bond motifs is 1. The van der Waals surface area contributed by atoms with E-state index in [0.29, 0.717) is 0 Å². The van der Waals surface area contributed by atoms with Gasteiger partial charge < -0.3 is 15.3 Å². The van der Waals surface area contributed by atoms with Crippen LogP contribution in [-0.4, -0.2) is 46.6 Å². The van der Waals surface area contributed by atoms with Crippen molar-refractivity contribution in [2.75, 3.05) is 26.0 Å². The van der Waals surface area contributed by atoms with Crippen molar-refractivity contribution < 1.29 is 9.90 Å². The number of hydrogen-bond donors (Lipinski definition) is 2. The summed E-state index contributed by atoms with van der Waals surface area (Å²) in [4.78, 5) is 22.4. The topological polar surface area (TPSA) is 78.4 Å². The SMILES string of the molecule is CN(C)CCc1nc(Nc2ccc(C(=O)O)cc2)c2ccccc2n1.Cl. The maximum Gasteiger partial charge on any atom is 0.335 e. The Labute approximate surface area is 158 Å². The number of nitrogens with one attached hydrogen (secondary N) is 1. The summed E-state index contributed by atoms with van der Waals surface area (Å²) in [6.45, 7) is 0.866. The van der Waals surface area contributed by atoms with Crippen LogP contribution in [0.4, 0.5) is 11.5 Å². The highest BCUT2D eigenvalue weighted by atomic mass is 35.5. The average Bonchev–Trinajstić information content (AvgIpc) is 2.60. The molecular formula is C19H21ClN4O2. The minimum Gasteiger partial charge on any atom is -0.478 e. The normalized spacial score (nSPS) is 10.6. The van der Waals surface area contributed by atoms with Crippen molar-refractivity contribution in [2.24, 2.45) is 0 Å². The molecule has 26 heavy (non-hydrogen) atoms. The first-order chi connectivity index (χ1) is 12.0. The molecule has 1 heterocycles. The van der Waals surface area contributed by atoms with E-state index in [4.69, 9.17) is 5.11 Å². The van der Waals surface area contributed by atoms with Gasteiger partial charge in [-0.3, -0.25) is 0 Å². The van der Waals surface area contributed by atoms with E-state index < -0.39 is 5.97 Å². The molecule has 0 amide bonds. The lowest BCUT2D eigenvalue weighted by molar-refractivity contribution is 0.0697. The number of para-hydroxylation sites is 1. The number of nitrogens with zero attached hydrogens (tertiary/aromatic N) is 3. The highest BCUT2D eigenvalue weighted by Crippen LogP contribution is 2.24. The zero-order valence-electron chi connectivity index (χ0n) is 14.6. The summed E-state index contributed by atoms with van der Waals surface area (Å²) in [6.07, 6.45) is 0.754. The van der Waals surface area contributed by atoms with E-state index >= 15 is 0 Å². The standard InChI is InChI=1S/C19H20N4O2.ClH/c1-23(2)12-11-17-21-16-6-4-3-5-15(16)18(22-17)20-14-9-7-13(8-10-14)19(24)25;/h3-10H,11-12H2,1-2H3,(H,24,25)(H,20,21,22);1H. The van der Waals surface area contributed by atoms with Gasteiger partial charge in [0.2, 0.25) is 0 Å². The van der Waals surface area contributed by atoms with Crippen molar-refractivity contribution >= 4 is 40.8 Å². The Kier molecular flexibility index (Phi) is 6.49. The molecule has 2 aromatic carbocycles. The summed E-state index contributed by atoms with van der Waals surface area (Å²) in [5.74, 6) is 0.560. The van der Waals surface area contributed by atoms with Crippen molar-refractivity contribution in [2.45, 2.75) is 6.42 Å². The summed E-state index contributed by atoms with van der Waals surface area (Å²) >= 11 is 0. The van der Waals surface area contributed by atoms with E-state index in [1.54, 1.807) is 24.3 Å². The molecule has 0 aliphatic rings. The second-order valence-corrected chi connectivity index (χ2v) is 6.07. The number of halogens is 1. The largest absolute Gasteiger partial charge is 0.478 e. The quantitative estimate of drug-likeness (QED) is 0.688. The molecule has 1 aromatic heterocycles. The molecule has 136 valence electrons. The first-order valence-electron chi connectivity index (χ1n) is 8.04. The Morgan fingerprint density at radius 2 is 1.77 bits per heavy atom. The van der Waals surface area contributed by atoms with Gasteiger partial charge in [0.1, 0.15) is 11.6 Å². The molecule has 0 saturated heterocycles. The number of hydrogen-bond acceptors (Lipinski definition) is 5. The van der Waals surface area contributed by atoms with Gasteiger partial charge in [-0.25, -0.2) is 14.8 Å². The van der Waals surface area contributed by atoms with Crippen molar-refractivity contribution in [1.82, 2.24) is 14.9 Å². The number of likely N-dealkylation sites (N-methyl/N-ethyl adjacent to an activating group) is 1. The molecule has 3 rings (SSSR count). The summed E-state index contributed by atoms with van der Waals surface area (Å²) < 4.78 is 0. The van der Waals surface area contributed by atoms with E-state index in [1.807, 2.05) is 38.4 Å². The third-order valence-corrected chi connectivity index (χ3v) is 3.83. The number of carboxylic acids is 1. The maximum absolute atomic E-state index is 11.0. The van der Waals surface area contributed by atoms with E-state index in [0.717, 1.165) is 41.2 Å². The second kappa shape index (κ2) is 8.60. The Bertz CT molecular complexity index is 898.